The molecular weight excluding hydrogens is 296 g/mol. The lowest BCUT2D eigenvalue weighted by atomic mass is 9.48. The Bertz CT molecular complexity index is 524. The predicted octanol–water partition coefficient (Wildman–Crippen LogP) is 4.70. The average Bonchev–Trinajstić information content (AvgIpc) is 2.81. The summed E-state index contributed by atoms with van der Waals surface area (Å²) in [5.41, 5.74) is 2.33. The van der Waals surface area contributed by atoms with Crippen molar-refractivity contribution in [2.75, 3.05) is 0 Å². The van der Waals surface area contributed by atoms with Crippen LogP contribution in [0.4, 0.5) is 0 Å². The molecule has 0 spiro atoms. The summed E-state index contributed by atoms with van der Waals surface area (Å²) in [5.74, 6) is 2.89. The number of aliphatic hydroxyl groups is 2. The summed E-state index contributed by atoms with van der Waals surface area (Å²) in [6.07, 6.45) is 12.9. The normalized spacial score (nSPS) is 52.5. The van der Waals surface area contributed by atoms with Crippen molar-refractivity contribution < 1.29 is 10.2 Å². The second kappa shape index (κ2) is 5.84. The minimum absolute atomic E-state index is 0.0910. The molecule has 0 unspecified atom stereocenters. The molecule has 0 heterocycles. The first-order chi connectivity index (χ1) is 11.4. The third-order valence-electron chi connectivity index (χ3n) is 9.02. The van der Waals surface area contributed by atoms with Gasteiger partial charge in [0.25, 0.3) is 0 Å². The zero-order valence-electron chi connectivity index (χ0n) is 15.8. The van der Waals surface area contributed by atoms with Gasteiger partial charge < -0.3 is 10.2 Å². The van der Waals surface area contributed by atoms with Crippen LogP contribution in [0.2, 0.25) is 0 Å². The first-order valence-electron chi connectivity index (χ1n) is 10.4. The molecule has 2 nitrogen and oxygen atoms in total. The van der Waals surface area contributed by atoms with Crippen LogP contribution in [0.3, 0.4) is 0 Å². The largest absolute Gasteiger partial charge is 0.393 e. The van der Waals surface area contributed by atoms with Crippen molar-refractivity contribution in [2.45, 2.75) is 90.8 Å². The van der Waals surface area contributed by atoms with Crippen LogP contribution in [-0.2, 0) is 0 Å². The summed E-state index contributed by atoms with van der Waals surface area (Å²) in [5, 5.41) is 20.5. The second-order valence-corrected chi connectivity index (χ2v) is 9.96. The molecule has 0 radical (unpaired) electrons. The molecule has 2 heteroatoms. The van der Waals surface area contributed by atoms with E-state index >= 15 is 0 Å². The van der Waals surface area contributed by atoms with Crippen LogP contribution < -0.4 is 0 Å². The van der Waals surface area contributed by atoms with E-state index in [4.69, 9.17) is 0 Å². The molecule has 0 aromatic rings. The molecule has 136 valence electrons. The smallest absolute Gasteiger partial charge is 0.0545 e. The molecular formula is C22H36O2. The molecule has 4 aliphatic carbocycles. The zero-order chi connectivity index (χ0) is 17.1. The molecule has 0 amide bonds. The molecule has 8 atom stereocenters. The first-order valence-corrected chi connectivity index (χ1v) is 10.4. The van der Waals surface area contributed by atoms with Gasteiger partial charge in [-0.05, 0) is 99.2 Å². The van der Waals surface area contributed by atoms with Crippen molar-refractivity contribution >= 4 is 0 Å². The van der Waals surface area contributed by atoms with Gasteiger partial charge >= 0.3 is 0 Å². The summed E-state index contributed by atoms with van der Waals surface area (Å²) in [4.78, 5) is 0. The SMILES string of the molecule is C[C@@H](O)[C@H]1CC[C@H]2[C@@H]3CC=C4CC[C@@H](O)CC[C@]4(C)[C@H]3CC[C@]12C. The average molecular weight is 333 g/mol. The van der Waals surface area contributed by atoms with Gasteiger partial charge in [0.2, 0.25) is 0 Å². The summed E-state index contributed by atoms with van der Waals surface area (Å²) >= 11 is 0. The highest BCUT2D eigenvalue weighted by molar-refractivity contribution is 5.24. The van der Waals surface area contributed by atoms with E-state index in [1.165, 1.54) is 38.5 Å². The third-order valence-corrected chi connectivity index (χ3v) is 9.02. The molecule has 24 heavy (non-hydrogen) atoms. The lowest BCUT2D eigenvalue weighted by molar-refractivity contribution is -0.0595. The molecule has 3 fully saturated rings. The van der Waals surface area contributed by atoms with Gasteiger partial charge in [-0.15, -0.1) is 0 Å². The molecule has 0 aliphatic heterocycles. The Morgan fingerprint density at radius 2 is 1.83 bits per heavy atom. The van der Waals surface area contributed by atoms with E-state index in [9.17, 15) is 10.2 Å². The van der Waals surface area contributed by atoms with Crippen molar-refractivity contribution in [1.29, 1.82) is 0 Å². The fourth-order valence-electron chi connectivity index (χ4n) is 7.66. The van der Waals surface area contributed by atoms with E-state index in [0.717, 1.165) is 37.0 Å². The van der Waals surface area contributed by atoms with Gasteiger partial charge in [-0.1, -0.05) is 25.5 Å². The van der Waals surface area contributed by atoms with Crippen LogP contribution in [0.1, 0.15) is 78.6 Å². The van der Waals surface area contributed by atoms with Gasteiger partial charge in [0.1, 0.15) is 0 Å². The Hall–Kier alpha value is -0.340. The maximum Gasteiger partial charge on any atom is 0.0545 e. The topological polar surface area (TPSA) is 40.5 Å². The van der Waals surface area contributed by atoms with Crippen molar-refractivity contribution in [3.63, 3.8) is 0 Å². The lowest BCUT2D eigenvalue weighted by Crippen LogP contribution is -2.49. The van der Waals surface area contributed by atoms with Crippen molar-refractivity contribution in [3.05, 3.63) is 11.6 Å². The van der Waals surface area contributed by atoms with Crippen LogP contribution in [0.15, 0.2) is 11.6 Å². The monoisotopic (exact) mass is 332 g/mol. The van der Waals surface area contributed by atoms with Gasteiger partial charge in [-0.3, -0.25) is 0 Å². The summed E-state index contributed by atoms with van der Waals surface area (Å²) in [6, 6.07) is 0. The highest BCUT2D eigenvalue weighted by Crippen LogP contribution is 2.66. The zero-order valence-corrected chi connectivity index (χ0v) is 15.8. The Kier molecular flexibility index (Phi) is 4.16. The maximum absolute atomic E-state index is 10.3. The number of allylic oxidation sites excluding steroid dienone is 2. The van der Waals surface area contributed by atoms with Crippen molar-refractivity contribution in [3.8, 4) is 0 Å². The number of fused-ring (bicyclic) bond motifs is 5. The van der Waals surface area contributed by atoms with Crippen LogP contribution in [0, 0.1) is 34.5 Å². The van der Waals surface area contributed by atoms with E-state index < -0.39 is 0 Å². The van der Waals surface area contributed by atoms with Crippen molar-refractivity contribution in [2.24, 2.45) is 34.5 Å². The molecule has 0 aromatic carbocycles. The van der Waals surface area contributed by atoms with Crippen molar-refractivity contribution in [1.82, 2.24) is 0 Å². The second-order valence-electron chi connectivity index (χ2n) is 9.96. The van der Waals surface area contributed by atoms with Gasteiger partial charge in [0.15, 0.2) is 0 Å². The van der Waals surface area contributed by atoms with E-state index in [0.29, 0.717) is 16.7 Å². The molecule has 4 rings (SSSR count). The Balaban J connectivity index is 1.65. The molecule has 3 saturated carbocycles. The molecule has 2 N–H and O–H groups in total. The minimum atomic E-state index is -0.158. The van der Waals surface area contributed by atoms with Crippen LogP contribution >= 0.6 is 0 Å². The molecule has 0 aromatic heterocycles. The van der Waals surface area contributed by atoms with E-state index in [1.807, 2.05) is 6.92 Å². The number of aliphatic hydroxyl groups excluding tert-OH is 2. The van der Waals surface area contributed by atoms with Gasteiger partial charge in [-0.25, -0.2) is 0 Å². The number of rotatable bonds is 1. The lowest BCUT2D eigenvalue weighted by Gasteiger charge is -2.56. The Labute approximate surface area is 147 Å². The fraction of sp³-hybridized carbons (Fsp3) is 0.909. The van der Waals surface area contributed by atoms with E-state index in [-0.39, 0.29) is 12.2 Å². The quantitative estimate of drug-likeness (QED) is 0.683. The van der Waals surface area contributed by atoms with Gasteiger partial charge in [0, 0.05) is 0 Å². The Morgan fingerprint density at radius 1 is 1.04 bits per heavy atom. The Morgan fingerprint density at radius 3 is 2.58 bits per heavy atom. The minimum Gasteiger partial charge on any atom is -0.393 e. The molecule has 0 saturated heterocycles. The predicted molar refractivity (Wildman–Crippen MR) is 97.5 cm³/mol. The third kappa shape index (κ3) is 2.35. The summed E-state index contributed by atoms with van der Waals surface area (Å²) in [6.45, 7) is 7.01. The highest BCUT2D eigenvalue weighted by atomic mass is 16.3. The van der Waals surface area contributed by atoms with E-state index in [2.05, 4.69) is 19.9 Å². The first kappa shape index (κ1) is 17.1. The standard InChI is InChI=1S/C22H36O2/c1-14(23)18-8-9-19-17-7-5-15-4-6-16(24)10-12-21(15,2)20(17)11-13-22(18,19)3/h5,14,16-20,23-24H,4,6-13H2,1-3H3/t14-,16-,17+,18-,19+,20+,21+,22-/m1/s1. The van der Waals surface area contributed by atoms with Crippen LogP contribution in [0.5, 0.6) is 0 Å². The van der Waals surface area contributed by atoms with E-state index in [1.54, 1.807) is 5.57 Å². The van der Waals surface area contributed by atoms with Gasteiger partial charge in [-0.2, -0.15) is 0 Å². The van der Waals surface area contributed by atoms with Crippen LogP contribution in [-0.4, -0.2) is 22.4 Å². The number of hydrogen-bond acceptors (Lipinski definition) is 2. The summed E-state index contributed by atoms with van der Waals surface area (Å²) < 4.78 is 0. The summed E-state index contributed by atoms with van der Waals surface area (Å²) in [7, 11) is 0. The maximum atomic E-state index is 10.3. The number of hydrogen-bond donors (Lipinski definition) is 2. The molecule has 0 bridgehead atoms. The van der Waals surface area contributed by atoms with Crippen LogP contribution in [0.25, 0.3) is 0 Å². The highest BCUT2D eigenvalue weighted by Gasteiger charge is 2.58. The van der Waals surface area contributed by atoms with Gasteiger partial charge in [0.05, 0.1) is 12.2 Å². The fourth-order valence-corrected chi connectivity index (χ4v) is 7.66. The molecule has 4 aliphatic rings.